The van der Waals surface area contributed by atoms with Gasteiger partial charge in [0.15, 0.2) is 0 Å². The van der Waals surface area contributed by atoms with Crippen LogP contribution in [-0.4, -0.2) is 32.3 Å². The summed E-state index contributed by atoms with van der Waals surface area (Å²) in [6.07, 6.45) is 0.948. The van der Waals surface area contributed by atoms with Crippen LogP contribution >= 0.6 is 0 Å². The van der Waals surface area contributed by atoms with Gasteiger partial charge in [0.2, 0.25) is 0 Å². The van der Waals surface area contributed by atoms with Gasteiger partial charge in [0.25, 0.3) is 0 Å². The van der Waals surface area contributed by atoms with Gasteiger partial charge in [-0.1, -0.05) is 18.2 Å². The van der Waals surface area contributed by atoms with Crippen molar-refractivity contribution >= 4 is 5.69 Å². The van der Waals surface area contributed by atoms with Gasteiger partial charge in [0.05, 0.1) is 12.1 Å². The second-order valence-corrected chi connectivity index (χ2v) is 4.81. The molecule has 2 N–H and O–H groups in total. The second-order valence-electron chi connectivity index (χ2n) is 4.81. The van der Waals surface area contributed by atoms with Crippen LogP contribution in [0.3, 0.4) is 0 Å². The molecule has 1 aromatic rings. The van der Waals surface area contributed by atoms with E-state index in [9.17, 15) is 0 Å². The van der Waals surface area contributed by atoms with E-state index in [0.717, 1.165) is 19.6 Å². The summed E-state index contributed by atoms with van der Waals surface area (Å²) in [5, 5.41) is 0. The molecule has 1 unspecified atom stereocenters. The van der Waals surface area contributed by atoms with E-state index in [1.54, 1.807) is 0 Å². The minimum Gasteiger partial charge on any atom is -0.379 e. The van der Waals surface area contributed by atoms with Crippen LogP contribution < -0.4 is 10.6 Å². The van der Waals surface area contributed by atoms with Crippen molar-refractivity contribution in [2.45, 2.75) is 18.9 Å². The normalized spacial score (nSPS) is 24.7. The zero-order valence-corrected chi connectivity index (χ0v) is 10.1. The highest BCUT2D eigenvalue weighted by Crippen LogP contribution is 2.22. The van der Waals surface area contributed by atoms with E-state index in [0.29, 0.717) is 6.61 Å². The third-order valence-corrected chi connectivity index (χ3v) is 3.21. The van der Waals surface area contributed by atoms with Crippen molar-refractivity contribution in [2.24, 2.45) is 5.73 Å². The van der Waals surface area contributed by atoms with Gasteiger partial charge in [-0.3, -0.25) is 0 Å². The quantitative estimate of drug-likeness (QED) is 0.840. The van der Waals surface area contributed by atoms with Crippen molar-refractivity contribution in [2.75, 3.05) is 31.7 Å². The Bertz CT molecular complexity index is 359. The van der Waals surface area contributed by atoms with Gasteiger partial charge >= 0.3 is 0 Å². The number of nitrogens with two attached hydrogens (primary N) is 1. The van der Waals surface area contributed by atoms with E-state index >= 15 is 0 Å². The van der Waals surface area contributed by atoms with Gasteiger partial charge in [-0.15, -0.1) is 0 Å². The van der Waals surface area contributed by atoms with Crippen LogP contribution in [-0.2, 0) is 4.74 Å². The van der Waals surface area contributed by atoms with Gasteiger partial charge in [-0.2, -0.15) is 0 Å². The van der Waals surface area contributed by atoms with E-state index in [-0.39, 0.29) is 5.54 Å². The topological polar surface area (TPSA) is 38.5 Å². The fourth-order valence-corrected chi connectivity index (χ4v) is 2.30. The minimum atomic E-state index is -0.184. The first-order chi connectivity index (χ1) is 7.61. The summed E-state index contributed by atoms with van der Waals surface area (Å²) in [5.74, 6) is 0. The first-order valence-corrected chi connectivity index (χ1v) is 5.74. The van der Waals surface area contributed by atoms with E-state index in [4.69, 9.17) is 10.5 Å². The van der Waals surface area contributed by atoms with Crippen molar-refractivity contribution < 1.29 is 4.74 Å². The Morgan fingerprint density at radius 3 is 2.81 bits per heavy atom. The number of para-hydroxylation sites is 1. The molecule has 0 aliphatic carbocycles. The molecule has 0 amide bonds. The van der Waals surface area contributed by atoms with Crippen LogP contribution in [0.15, 0.2) is 24.3 Å². The maximum atomic E-state index is 6.28. The predicted molar refractivity (Wildman–Crippen MR) is 66.8 cm³/mol. The molecule has 88 valence electrons. The molecule has 2 rings (SSSR count). The number of hydrogen-bond acceptors (Lipinski definition) is 3. The SMILES string of the molecule is Cc1ccccc1N(C)CC1(N)CCOC1. The number of ether oxygens (including phenoxy) is 1. The number of benzene rings is 1. The second kappa shape index (κ2) is 4.44. The summed E-state index contributed by atoms with van der Waals surface area (Å²) < 4.78 is 5.38. The van der Waals surface area contributed by atoms with E-state index in [1.165, 1.54) is 11.3 Å². The van der Waals surface area contributed by atoms with E-state index < -0.39 is 0 Å². The number of rotatable bonds is 3. The van der Waals surface area contributed by atoms with Gasteiger partial charge in [0, 0.05) is 25.9 Å². The van der Waals surface area contributed by atoms with Gasteiger partial charge in [-0.25, -0.2) is 0 Å². The number of likely N-dealkylation sites (N-methyl/N-ethyl adjacent to an activating group) is 1. The summed E-state index contributed by atoms with van der Waals surface area (Å²) in [5.41, 5.74) is 8.63. The molecule has 1 aliphatic heterocycles. The Kier molecular flexibility index (Phi) is 3.17. The third kappa shape index (κ3) is 2.36. The maximum Gasteiger partial charge on any atom is 0.0664 e. The lowest BCUT2D eigenvalue weighted by Crippen LogP contribution is -2.50. The molecule has 3 nitrogen and oxygen atoms in total. The molecule has 16 heavy (non-hydrogen) atoms. The van der Waals surface area contributed by atoms with Crippen molar-refractivity contribution in [1.82, 2.24) is 0 Å². The third-order valence-electron chi connectivity index (χ3n) is 3.21. The Balaban J connectivity index is 2.08. The fourth-order valence-electron chi connectivity index (χ4n) is 2.30. The molecule has 1 fully saturated rings. The smallest absolute Gasteiger partial charge is 0.0664 e. The van der Waals surface area contributed by atoms with Crippen molar-refractivity contribution in [3.05, 3.63) is 29.8 Å². The molecular weight excluding hydrogens is 200 g/mol. The average molecular weight is 220 g/mol. The highest BCUT2D eigenvalue weighted by Gasteiger charge is 2.31. The molecule has 1 atom stereocenters. The van der Waals surface area contributed by atoms with Crippen LogP contribution in [0.5, 0.6) is 0 Å². The van der Waals surface area contributed by atoms with E-state index in [2.05, 4.69) is 43.1 Å². The van der Waals surface area contributed by atoms with Crippen LogP contribution in [0, 0.1) is 6.92 Å². The lowest BCUT2D eigenvalue weighted by atomic mass is 9.99. The van der Waals surface area contributed by atoms with Crippen molar-refractivity contribution in [1.29, 1.82) is 0 Å². The summed E-state index contributed by atoms with van der Waals surface area (Å²) in [6, 6.07) is 8.38. The monoisotopic (exact) mass is 220 g/mol. The molecule has 0 radical (unpaired) electrons. The first-order valence-electron chi connectivity index (χ1n) is 5.74. The molecule has 1 aromatic carbocycles. The molecule has 0 bridgehead atoms. The van der Waals surface area contributed by atoms with Crippen LogP contribution in [0.1, 0.15) is 12.0 Å². The molecule has 0 saturated carbocycles. The highest BCUT2D eigenvalue weighted by atomic mass is 16.5. The summed E-state index contributed by atoms with van der Waals surface area (Å²) >= 11 is 0. The first kappa shape index (κ1) is 11.4. The highest BCUT2D eigenvalue weighted by molar-refractivity contribution is 5.52. The molecule has 0 aromatic heterocycles. The van der Waals surface area contributed by atoms with Gasteiger partial charge < -0.3 is 15.4 Å². The lowest BCUT2D eigenvalue weighted by molar-refractivity contribution is 0.179. The number of anilines is 1. The Morgan fingerprint density at radius 1 is 1.44 bits per heavy atom. The van der Waals surface area contributed by atoms with Gasteiger partial charge in [0.1, 0.15) is 0 Å². The molecule has 1 heterocycles. The van der Waals surface area contributed by atoms with Crippen LogP contribution in [0.4, 0.5) is 5.69 Å². The largest absolute Gasteiger partial charge is 0.379 e. The van der Waals surface area contributed by atoms with Crippen LogP contribution in [0.2, 0.25) is 0 Å². The lowest BCUT2D eigenvalue weighted by Gasteiger charge is -2.30. The Hall–Kier alpha value is -1.06. The minimum absolute atomic E-state index is 0.184. The Labute approximate surface area is 97.2 Å². The number of aryl methyl sites for hydroxylation is 1. The van der Waals surface area contributed by atoms with Crippen molar-refractivity contribution in [3.63, 3.8) is 0 Å². The maximum absolute atomic E-state index is 6.28. The van der Waals surface area contributed by atoms with Crippen molar-refractivity contribution in [3.8, 4) is 0 Å². The predicted octanol–water partition coefficient (Wildman–Crippen LogP) is 1.55. The molecule has 1 saturated heterocycles. The molecule has 1 aliphatic rings. The number of nitrogens with zero attached hydrogens (tertiary/aromatic N) is 1. The van der Waals surface area contributed by atoms with Crippen LogP contribution in [0.25, 0.3) is 0 Å². The Morgan fingerprint density at radius 2 is 2.19 bits per heavy atom. The van der Waals surface area contributed by atoms with E-state index in [1.807, 2.05) is 0 Å². The number of hydrogen-bond donors (Lipinski definition) is 1. The van der Waals surface area contributed by atoms with Gasteiger partial charge in [-0.05, 0) is 25.0 Å². The standard InChI is InChI=1S/C13H20N2O/c1-11-5-3-4-6-12(11)15(2)9-13(14)7-8-16-10-13/h3-6H,7-10,14H2,1-2H3. The summed E-state index contributed by atoms with van der Waals surface area (Å²) in [6.45, 7) is 4.43. The average Bonchev–Trinajstić information content (AvgIpc) is 2.65. The molecule has 0 spiro atoms. The summed E-state index contributed by atoms with van der Waals surface area (Å²) in [7, 11) is 2.09. The zero-order chi connectivity index (χ0) is 11.6. The fraction of sp³-hybridized carbons (Fsp3) is 0.538. The molecular formula is C13H20N2O. The molecule has 3 heteroatoms. The summed E-state index contributed by atoms with van der Waals surface area (Å²) in [4.78, 5) is 2.23. The zero-order valence-electron chi connectivity index (χ0n) is 10.1.